The van der Waals surface area contributed by atoms with Crippen LogP contribution in [0.1, 0.15) is 48.3 Å². The van der Waals surface area contributed by atoms with Gasteiger partial charge in [-0.3, -0.25) is 4.57 Å². The highest BCUT2D eigenvalue weighted by Gasteiger charge is 2.18. The average molecular weight is 591 g/mol. The van der Waals surface area contributed by atoms with Crippen molar-refractivity contribution < 1.29 is 4.74 Å². The van der Waals surface area contributed by atoms with Gasteiger partial charge in [0.2, 0.25) is 0 Å². The molecule has 224 valence electrons. The van der Waals surface area contributed by atoms with Crippen molar-refractivity contribution in [2.45, 2.75) is 53.9 Å². The Hall–Kier alpha value is -5.16. The number of nitrogens with zero attached hydrogens (tertiary/aromatic N) is 4. The summed E-state index contributed by atoms with van der Waals surface area (Å²) in [5.74, 6) is 2.49. The second kappa shape index (κ2) is 11.7. The van der Waals surface area contributed by atoms with Crippen LogP contribution in [0.15, 0.2) is 103 Å². The fourth-order valence-electron chi connectivity index (χ4n) is 6.53. The lowest BCUT2D eigenvalue weighted by Gasteiger charge is -2.13. The Labute approximate surface area is 264 Å². The lowest BCUT2D eigenvalue weighted by molar-refractivity contribution is 0.482. The van der Waals surface area contributed by atoms with E-state index < -0.39 is 0 Å². The zero-order valence-corrected chi connectivity index (χ0v) is 26.6. The Balaban J connectivity index is 1.34. The number of aromatic nitrogens is 4. The van der Waals surface area contributed by atoms with Crippen LogP contribution < -0.4 is 4.74 Å². The van der Waals surface area contributed by atoms with E-state index in [9.17, 15) is 0 Å². The fourth-order valence-corrected chi connectivity index (χ4v) is 6.53. The molecule has 4 aromatic carbocycles. The molecule has 5 heteroatoms. The average Bonchev–Trinajstić information content (AvgIpc) is 3.53. The van der Waals surface area contributed by atoms with E-state index in [4.69, 9.17) is 14.8 Å². The molecular formula is C40H38N4O. The molecule has 0 spiro atoms. The molecule has 3 aromatic heterocycles. The first-order chi connectivity index (χ1) is 21.9. The van der Waals surface area contributed by atoms with Gasteiger partial charge in [0.25, 0.3) is 0 Å². The highest BCUT2D eigenvalue weighted by molar-refractivity contribution is 6.09. The Morgan fingerprint density at radius 3 is 2.33 bits per heavy atom. The molecule has 0 aliphatic heterocycles. The predicted molar refractivity (Wildman–Crippen MR) is 185 cm³/mol. The van der Waals surface area contributed by atoms with Crippen LogP contribution in [0.4, 0.5) is 0 Å². The van der Waals surface area contributed by atoms with E-state index in [0.29, 0.717) is 0 Å². The molecule has 0 atom stereocenters. The third kappa shape index (κ3) is 5.29. The molecule has 0 amide bonds. The third-order valence-electron chi connectivity index (χ3n) is 8.66. The van der Waals surface area contributed by atoms with Crippen molar-refractivity contribution in [3.8, 4) is 34.1 Å². The highest BCUT2D eigenvalue weighted by atomic mass is 16.5. The Morgan fingerprint density at radius 1 is 0.711 bits per heavy atom. The third-order valence-corrected chi connectivity index (χ3v) is 8.66. The van der Waals surface area contributed by atoms with E-state index in [1.807, 2.05) is 18.3 Å². The molecule has 0 aliphatic carbocycles. The number of ether oxygens (including phenoxy) is 1. The van der Waals surface area contributed by atoms with Gasteiger partial charge in [-0.15, -0.1) is 0 Å². The standard InChI is InChI=1S/C40H38N4O/c1-6-11-30-21-32(44-28(5)40(27(4)42-44)31-12-9-8-10-13-31)24-34(22-30)45-33-15-16-35-36-23-29(7-2)14-17-37(36)43(38(35)25-33)39-20-26(3)18-19-41-39/h8-10,12-25H,6-7,11H2,1-5H3. The van der Waals surface area contributed by atoms with E-state index in [1.165, 1.54) is 38.6 Å². The molecular weight excluding hydrogens is 552 g/mol. The minimum Gasteiger partial charge on any atom is -0.457 e. The zero-order chi connectivity index (χ0) is 31.1. The molecule has 0 saturated carbocycles. The van der Waals surface area contributed by atoms with Gasteiger partial charge in [0, 0.05) is 40.4 Å². The smallest absolute Gasteiger partial charge is 0.137 e. The van der Waals surface area contributed by atoms with Gasteiger partial charge in [-0.1, -0.05) is 56.7 Å². The van der Waals surface area contributed by atoms with Crippen molar-refractivity contribution in [3.63, 3.8) is 0 Å². The summed E-state index contributed by atoms with van der Waals surface area (Å²) in [4.78, 5) is 4.77. The summed E-state index contributed by atoms with van der Waals surface area (Å²) in [6.07, 6.45) is 4.88. The van der Waals surface area contributed by atoms with Crippen molar-refractivity contribution in [2.24, 2.45) is 0 Å². The minimum absolute atomic E-state index is 0.785. The molecule has 7 rings (SSSR count). The van der Waals surface area contributed by atoms with Crippen LogP contribution in [0.3, 0.4) is 0 Å². The van der Waals surface area contributed by atoms with Crippen LogP contribution in [-0.4, -0.2) is 19.3 Å². The largest absolute Gasteiger partial charge is 0.457 e. The number of fused-ring (bicyclic) bond motifs is 3. The summed E-state index contributed by atoms with van der Waals surface area (Å²) < 4.78 is 11.0. The lowest BCUT2D eigenvalue weighted by Crippen LogP contribution is -2.01. The molecule has 7 aromatic rings. The number of aryl methyl sites for hydroxylation is 4. The van der Waals surface area contributed by atoms with Gasteiger partial charge in [-0.05, 0) is 104 Å². The molecule has 0 N–H and O–H groups in total. The Morgan fingerprint density at radius 2 is 1.56 bits per heavy atom. The van der Waals surface area contributed by atoms with E-state index in [1.54, 1.807) is 0 Å². The second-order valence-electron chi connectivity index (χ2n) is 11.9. The Kier molecular flexibility index (Phi) is 7.46. The van der Waals surface area contributed by atoms with Crippen molar-refractivity contribution in [2.75, 3.05) is 0 Å². The number of hydrogen-bond acceptors (Lipinski definition) is 3. The normalized spacial score (nSPS) is 11.5. The number of pyridine rings is 1. The molecule has 0 fully saturated rings. The Bertz CT molecular complexity index is 2170. The number of benzene rings is 4. The zero-order valence-electron chi connectivity index (χ0n) is 26.6. The SMILES string of the molecule is CCCc1cc(Oc2ccc3c4cc(CC)ccc4n(-c4cc(C)ccn4)c3c2)cc(-n2nc(C)c(-c3ccccc3)c2C)c1. The van der Waals surface area contributed by atoms with Gasteiger partial charge < -0.3 is 4.74 Å². The molecule has 45 heavy (non-hydrogen) atoms. The van der Waals surface area contributed by atoms with Crippen LogP contribution in [0.2, 0.25) is 0 Å². The maximum absolute atomic E-state index is 6.68. The summed E-state index contributed by atoms with van der Waals surface area (Å²) in [5, 5.41) is 7.40. The molecule has 0 saturated heterocycles. The lowest BCUT2D eigenvalue weighted by atomic mass is 10.0. The quantitative estimate of drug-likeness (QED) is 0.177. The van der Waals surface area contributed by atoms with Crippen molar-refractivity contribution in [1.29, 1.82) is 0 Å². The van der Waals surface area contributed by atoms with Crippen LogP contribution in [0.5, 0.6) is 11.5 Å². The predicted octanol–water partition coefficient (Wildman–Crippen LogP) is 10.3. The molecule has 0 aliphatic rings. The number of hydrogen-bond donors (Lipinski definition) is 0. The van der Waals surface area contributed by atoms with E-state index in [2.05, 4.69) is 129 Å². The van der Waals surface area contributed by atoms with Gasteiger partial charge in [-0.25, -0.2) is 9.67 Å². The van der Waals surface area contributed by atoms with Crippen molar-refractivity contribution in [3.05, 3.63) is 131 Å². The van der Waals surface area contributed by atoms with Gasteiger partial charge in [0.05, 0.1) is 22.4 Å². The summed E-state index contributed by atoms with van der Waals surface area (Å²) >= 11 is 0. The first-order valence-corrected chi connectivity index (χ1v) is 15.9. The van der Waals surface area contributed by atoms with E-state index in [-0.39, 0.29) is 0 Å². The summed E-state index contributed by atoms with van der Waals surface area (Å²) in [6.45, 7) is 10.7. The molecule has 0 bridgehead atoms. The van der Waals surface area contributed by atoms with E-state index >= 15 is 0 Å². The first-order valence-electron chi connectivity index (χ1n) is 15.9. The van der Waals surface area contributed by atoms with Gasteiger partial charge >= 0.3 is 0 Å². The topological polar surface area (TPSA) is 44.9 Å². The van der Waals surface area contributed by atoms with Crippen LogP contribution in [-0.2, 0) is 12.8 Å². The minimum atomic E-state index is 0.785. The van der Waals surface area contributed by atoms with Crippen LogP contribution in [0, 0.1) is 20.8 Å². The van der Waals surface area contributed by atoms with E-state index in [0.717, 1.165) is 64.7 Å². The van der Waals surface area contributed by atoms with Crippen LogP contribution in [0.25, 0.3) is 44.4 Å². The maximum atomic E-state index is 6.68. The maximum Gasteiger partial charge on any atom is 0.137 e. The van der Waals surface area contributed by atoms with Gasteiger partial charge in [0.1, 0.15) is 17.3 Å². The summed E-state index contributed by atoms with van der Waals surface area (Å²) in [7, 11) is 0. The van der Waals surface area contributed by atoms with Gasteiger partial charge in [-0.2, -0.15) is 5.10 Å². The molecule has 0 radical (unpaired) electrons. The van der Waals surface area contributed by atoms with Crippen LogP contribution >= 0.6 is 0 Å². The van der Waals surface area contributed by atoms with Crippen molar-refractivity contribution in [1.82, 2.24) is 19.3 Å². The van der Waals surface area contributed by atoms with Gasteiger partial charge in [0.15, 0.2) is 0 Å². The first kappa shape index (κ1) is 28.6. The monoisotopic (exact) mass is 590 g/mol. The second-order valence-corrected chi connectivity index (χ2v) is 11.9. The summed E-state index contributed by atoms with van der Waals surface area (Å²) in [5.41, 5.74) is 11.4. The molecule has 3 heterocycles. The molecule has 0 unspecified atom stereocenters. The highest BCUT2D eigenvalue weighted by Crippen LogP contribution is 2.37. The van der Waals surface area contributed by atoms with Crippen molar-refractivity contribution >= 4 is 21.8 Å². The fraction of sp³-hybridized carbons (Fsp3) is 0.200. The number of rotatable bonds is 8. The molecule has 5 nitrogen and oxygen atoms in total. The summed E-state index contributed by atoms with van der Waals surface area (Å²) in [6, 6.07) is 34.3.